The second-order valence-corrected chi connectivity index (χ2v) is 4.75. The van der Waals surface area contributed by atoms with Crippen LogP contribution in [0.1, 0.15) is 6.42 Å². The highest BCUT2D eigenvalue weighted by molar-refractivity contribution is 7.90. The lowest BCUT2D eigenvalue weighted by Gasteiger charge is -1.91. The fourth-order valence-electron chi connectivity index (χ4n) is 0.286. The van der Waals surface area contributed by atoms with Crippen molar-refractivity contribution in [3.05, 3.63) is 0 Å². The zero-order valence-electron chi connectivity index (χ0n) is 5.12. The summed E-state index contributed by atoms with van der Waals surface area (Å²) in [6.45, 7) is 0. The van der Waals surface area contributed by atoms with Gasteiger partial charge in [-0.1, -0.05) is 9.24 Å². The van der Waals surface area contributed by atoms with E-state index in [9.17, 15) is 13.2 Å². The summed E-state index contributed by atoms with van der Waals surface area (Å²) in [5.74, 6) is -0.0463. The Morgan fingerprint density at radius 3 is 2.11 bits per heavy atom. The molecule has 54 valence electrons. The van der Waals surface area contributed by atoms with E-state index in [1.165, 1.54) is 0 Å². The number of hydrogen-bond donors (Lipinski definition) is 0. The molecule has 0 N–H and O–H groups in total. The van der Waals surface area contributed by atoms with Gasteiger partial charge in [0.05, 0.1) is 5.75 Å². The highest BCUT2D eigenvalue weighted by Gasteiger charge is 2.02. The second kappa shape index (κ2) is 3.28. The molecule has 0 bridgehead atoms. The van der Waals surface area contributed by atoms with Crippen molar-refractivity contribution >= 4 is 24.6 Å². The summed E-state index contributed by atoms with van der Waals surface area (Å²) in [6, 6.07) is 0. The van der Waals surface area contributed by atoms with E-state index in [0.29, 0.717) is 0 Å². The maximum atomic E-state index is 10.4. The van der Waals surface area contributed by atoms with Gasteiger partial charge in [-0.25, -0.2) is 8.42 Å². The zero-order valence-corrected chi connectivity index (χ0v) is 7.10. The Bertz CT molecular complexity index is 194. The van der Waals surface area contributed by atoms with Crippen molar-refractivity contribution in [1.82, 2.24) is 0 Å². The minimum absolute atomic E-state index is 0.0463. The van der Waals surface area contributed by atoms with E-state index in [4.69, 9.17) is 0 Å². The standard InChI is InChI=1S/C4H9O3PS/c1-9(6,7)3-2-4(5)8/h2-3,8H2,1H3. The van der Waals surface area contributed by atoms with Gasteiger partial charge in [0.1, 0.15) is 15.4 Å². The third-order valence-corrected chi connectivity index (χ3v) is 1.95. The molecule has 1 atom stereocenters. The van der Waals surface area contributed by atoms with Gasteiger partial charge in [0.15, 0.2) is 0 Å². The van der Waals surface area contributed by atoms with Gasteiger partial charge >= 0.3 is 0 Å². The van der Waals surface area contributed by atoms with Crippen LogP contribution in [0.25, 0.3) is 0 Å². The monoisotopic (exact) mass is 168 g/mol. The quantitative estimate of drug-likeness (QED) is 0.549. The Labute approximate surface area is 57.0 Å². The van der Waals surface area contributed by atoms with Gasteiger partial charge in [0.25, 0.3) is 0 Å². The molecule has 3 nitrogen and oxygen atoms in total. The predicted octanol–water partition coefficient (Wildman–Crippen LogP) is -0.177. The molecule has 0 aliphatic rings. The molecule has 9 heavy (non-hydrogen) atoms. The fourth-order valence-corrected chi connectivity index (χ4v) is 1.21. The molecule has 0 rings (SSSR count). The third-order valence-electron chi connectivity index (χ3n) is 0.719. The Hall–Kier alpha value is 0.0500. The van der Waals surface area contributed by atoms with Gasteiger partial charge in [-0.2, -0.15) is 0 Å². The lowest BCUT2D eigenvalue weighted by atomic mass is 10.5. The summed E-state index contributed by atoms with van der Waals surface area (Å²) in [7, 11) is -1.02. The summed E-state index contributed by atoms with van der Waals surface area (Å²) in [6.07, 6.45) is 1.21. The maximum absolute atomic E-state index is 10.4. The maximum Gasteiger partial charge on any atom is 0.149 e. The van der Waals surface area contributed by atoms with E-state index in [0.717, 1.165) is 6.26 Å². The number of carbonyl (C=O) groups is 1. The van der Waals surface area contributed by atoms with Crippen LogP contribution in [0.2, 0.25) is 0 Å². The van der Waals surface area contributed by atoms with Crippen molar-refractivity contribution in [3.8, 4) is 0 Å². The summed E-state index contributed by atoms with van der Waals surface area (Å²) >= 11 is 0. The smallest absolute Gasteiger partial charge is 0.149 e. The lowest BCUT2D eigenvalue weighted by molar-refractivity contribution is -0.110. The predicted molar refractivity (Wildman–Crippen MR) is 39.0 cm³/mol. The lowest BCUT2D eigenvalue weighted by Crippen LogP contribution is -2.05. The van der Waals surface area contributed by atoms with Crippen molar-refractivity contribution in [2.75, 3.05) is 12.0 Å². The molecule has 5 heteroatoms. The molecule has 0 aliphatic heterocycles. The van der Waals surface area contributed by atoms with Crippen molar-refractivity contribution in [3.63, 3.8) is 0 Å². The number of sulfone groups is 1. The van der Waals surface area contributed by atoms with Crippen LogP contribution in [0.5, 0.6) is 0 Å². The fraction of sp³-hybridized carbons (Fsp3) is 0.750. The van der Waals surface area contributed by atoms with E-state index in [-0.39, 0.29) is 17.7 Å². The minimum atomic E-state index is -2.95. The molecule has 1 unspecified atom stereocenters. The molecule has 0 fully saturated rings. The molecule has 0 radical (unpaired) electrons. The van der Waals surface area contributed by atoms with Gasteiger partial charge in [0, 0.05) is 12.7 Å². The first-order valence-electron chi connectivity index (χ1n) is 2.38. The first-order valence-corrected chi connectivity index (χ1v) is 5.01. The minimum Gasteiger partial charge on any atom is -0.295 e. The molecule has 0 spiro atoms. The average molecular weight is 168 g/mol. The molecule has 0 aromatic heterocycles. The van der Waals surface area contributed by atoms with Gasteiger partial charge in [-0.15, -0.1) is 0 Å². The molecular weight excluding hydrogens is 159 g/mol. The van der Waals surface area contributed by atoms with Crippen LogP contribution in [0.3, 0.4) is 0 Å². The van der Waals surface area contributed by atoms with E-state index in [2.05, 4.69) is 0 Å². The largest absolute Gasteiger partial charge is 0.295 e. The highest BCUT2D eigenvalue weighted by Crippen LogP contribution is 1.95. The van der Waals surface area contributed by atoms with Crippen LogP contribution < -0.4 is 0 Å². The van der Waals surface area contributed by atoms with Gasteiger partial charge in [0.2, 0.25) is 0 Å². The van der Waals surface area contributed by atoms with Crippen molar-refractivity contribution in [2.45, 2.75) is 6.42 Å². The number of hydrogen-bond acceptors (Lipinski definition) is 3. The molecule has 0 aromatic rings. The summed E-state index contributed by atoms with van der Waals surface area (Å²) in [5, 5.41) is 0. The topological polar surface area (TPSA) is 51.2 Å². The van der Waals surface area contributed by atoms with Crippen LogP contribution in [0.15, 0.2) is 0 Å². The molecule has 0 saturated carbocycles. The second-order valence-electron chi connectivity index (χ2n) is 1.85. The van der Waals surface area contributed by atoms with Crippen LogP contribution in [0, 0.1) is 0 Å². The van der Waals surface area contributed by atoms with Crippen LogP contribution in [-0.4, -0.2) is 26.0 Å². The number of carbonyl (C=O) groups excluding carboxylic acids is 1. The SMILES string of the molecule is CS(=O)(=O)CCC(=O)P. The summed E-state index contributed by atoms with van der Waals surface area (Å²) < 4.78 is 20.7. The van der Waals surface area contributed by atoms with E-state index in [1.54, 1.807) is 0 Å². The highest BCUT2D eigenvalue weighted by atomic mass is 32.2. The Morgan fingerprint density at radius 2 is 2.00 bits per heavy atom. The molecule has 0 saturated heterocycles. The van der Waals surface area contributed by atoms with Gasteiger partial charge in [-0.3, -0.25) is 4.79 Å². The van der Waals surface area contributed by atoms with Gasteiger partial charge in [-0.05, 0) is 0 Å². The Morgan fingerprint density at radius 1 is 1.56 bits per heavy atom. The van der Waals surface area contributed by atoms with Crippen LogP contribution in [0.4, 0.5) is 0 Å². The molecule has 0 amide bonds. The van der Waals surface area contributed by atoms with Crippen molar-refractivity contribution in [2.24, 2.45) is 0 Å². The zero-order chi connectivity index (χ0) is 7.49. The normalized spacial score (nSPS) is 11.3. The Kier molecular flexibility index (Phi) is 3.30. The Balaban J connectivity index is 3.67. The van der Waals surface area contributed by atoms with Gasteiger partial charge < -0.3 is 0 Å². The summed E-state index contributed by atoms with van der Waals surface area (Å²) in [5.41, 5.74) is -0.166. The molecule has 0 aliphatic carbocycles. The van der Waals surface area contributed by atoms with Crippen LogP contribution in [-0.2, 0) is 14.6 Å². The van der Waals surface area contributed by atoms with Crippen LogP contribution >= 0.6 is 9.24 Å². The molecule has 0 heterocycles. The third kappa shape index (κ3) is 8.05. The number of rotatable bonds is 3. The van der Waals surface area contributed by atoms with E-state index >= 15 is 0 Å². The average Bonchev–Trinajstić information content (AvgIpc) is 1.59. The van der Waals surface area contributed by atoms with Crippen molar-refractivity contribution < 1.29 is 13.2 Å². The first kappa shape index (κ1) is 9.05. The summed E-state index contributed by atoms with van der Waals surface area (Å²) in [4.78, 5) is 10.2. The first-order chi connectivity index (χ1) is 3.92. The van der Waals surface area contributed by atoms with Crippen molar-refractivity contribution in [1.29, 1.82) is 0 Å². The van der Waals surface area contributed by atoms with E-state index in [1.807, 2.05) is 9.24 Å². The van der Waals surface area contributed by atoms with E-state index < -0.39 is 9.84 Å². The molecular formula is C4H9O3PS. The molecule has 0 aromatic carbocycles.